The number of benzene rings is 4. The van der Waals surface area contributed by atoms with Crippen LogP contribution in [0.4, 0.5) is 11.4 Å². The quantitative estimate of drug-likeness (QED) is 0.267. The van der Waals surface area contributed by atoms with Crippen molar-refractivity contribution in [2.45, 2.75) is 19.6 Å². The van der Waals surface area contributed by atoms with Crippen LogP contribution in [0.2, 0.25) is 0 Å². The summed E-state index contributed by atoms with van der Waals surface area (Å²) in [4.78, 5) is 1.79. The molecule has 0 aliphatic rings. The molecule has 11 heteroatoms. The van der Waals surface area contributed by atoms with Gasteiger partial charge in [0, 0.05) is 9.79 Å². The fourth-order valence-corrected chi connectivity index (χ4v) is 6.33. The molecule has 4 aromatic carbocycles. The van der Waals surface area contributed by atoms with Gasteiger partial charge in [0.1, 0.15) is 11.5 Å². The third-order valence-electron chi connectivity index (χ3n) is 5.21. The SMILES string of the molecule is COc1ccccc1NS(=O)(=O)c1ccc(Sc2ccc(S(=O)(=O)Nc3ccccc3OC)cc2)cc1. The first-order valence-corrected chi connectivity index (χ1v) is 14.7. The standard InChI is InChI=1S/C26H24N2O6S3/c1-33-25-9-5-3-7-23(25)27-36(29,30)21-15-11-19(12-16-21)35-20-13-17-22(18-14-20)37(31,32)28-24-8-4-6-10-26(24)34-2/h3-18,27-28H,1-2H3. The van der Waals surface area contributed by atoms with E-state index < -0.39 is 20.0 Å². The largest absolute Gasteiger partial charge is 0.495 e. The van der Waals surface area contributed by atoms with Gasteiger partial charge in [0.2, 0.25) is 0 Å². The number of nitrogens with one attached hydrogen (secondary N) is 2. The number of hydrogen-bond donors (Lipinski definition) is 2. The molecule has 4 rings (SSSR count). The minimum atomic E-state index is -3.81. The van der Waals surface area contributed by atoms with Gasteiger partial charge in [-0.25, -0.2) is 16.8 Å². The van der Waals surface area contributed by atoms with Gasteiger partial charge in [0.25, 0.3) is 20.0 Å². The van der Waals surface area contributed by atoms with Crippen LogP contribution in [0.15, 0.2) is 117 Å². The van der Waals surface area contributed by atoms with E-state index in [1.54, 1.807) is 72.8 Å². The lowest BCUT2D eigenvalue weighted by Crippen LogP contribution is -2.13. The van der Waals surface area contributed by atoms with E-state index in [0.29, 0.717) is 22.9 Å². The summed E-state index contributed by atoms with van der Waals surface area (Å²) in [7, 11) is -4.68. The fraction of sp³-hybridized carbons (Fsp3) is 0.0769. The Morgan fingerprint density at radius 1 is 0.541 bits per heavy atom. The first-order valence-electron chi connectivity index (χ1n) is 10.9. The lowest BCUT2D eigenvalue weighted by molar-refractivity contribution is 0.417. The van der Waals surface area contributed by atoms with Crippen molar-refractivity contribution in [2.24, 2.45) is 0 Å². The predicted molar refractivity (Wildman–Crippen MR) is 145 cm³/mol. The summed E-state index contributed by atoms with van der Waals surface area (Å²) in [6.45, 7) is 0. The van der Waals surface area contributed by atoms with Gasteiger partial charge in [-0.05, 0) is 72.8 Å². The number of hydrogen-bond acceptors (Lipinski definition) is 7. The lowest BCUT2D eigenvalue weighted by Gasteiger charge is -2.12. The van der Waals surface area contributed by atoms with E-state index in [1.807, 2.05) is 0 Å². The number of sulfonamides is 2. The molecule has 0 aromatic heterocycles. The highest BCUT2D eigenvalue weighted by Gasteiger charge is 2.18. The van der Waals surface area contributed by atoms with Gasteiger partial charge in [0.15, 0.2) is 0 Å². The third-order valence-corrected chi connectivity index (χ3v) is 8.98. The Bertz CT molecular complexity index is 1470. The molecule has 2 N–H and O–H groups in total. The molecule has 0 heterocycles. The molecule has 0 spiro atoms. The Kier molecular flexibility index (Phi) is 7.96. The molecule has 0 bridgehead atoms. The van der Waals surface area contributed by atoms with Crippen molar-refractivity contribution in [1.29, 1.82) is 0 Å². The Hall–Kier alpha value is -3.67. The van der Waals surface area contributed by atoms with E-state index in [2.05, 4.69) is 9.44 Å². The van der Waals surface area contributed by atoms with Crippen LogP contribution < -0.4 is 18.9 Å². The smallest absolute Gasteiger partial charge is 0.262 e. The summed E-state index contributed by atoms with van der Waals surface area (Å²) >= 11 is 1.38. The summed E-state index contributed by atoms with van der Waals surface area (Å²) in [5.74, 6) is 0.837. The Balaban J connectivity index is 1.44. The fourth-order valence-electron chi connectivity index (χ4n) is 3.38. The van der Waals surface area contributed by atoms with Crippen molar-refractivity contribution in [3.63, 3.8) is 0 Å². The average molecular weight is 557 g/mol. The normalized spacial score (nSPS) is 11.5. The highest BCUT2D eigenvalue weighted by Crippen LogP contribution is 2.31. The number of anilines is 2. The third kappa shape index (κ3) is 6.37. The minimum Gasteiger partial charge on any atom is -0.495 e. The van der Waals surface area contributed by atoms with Gasteiger partial charge < -0.3 is 9.47 Å². The summed E-state index contributed by atoms with van der Waals surface area (Å²) in [5, 5.41) is 0. The second-order valence-corrected chi connectivity index (χ2v) is 12.2. The topological polar surface area (TPSA) is 111 Å². The average Bonchev–Trinajstić information content (AvgIpc) is 2.89. The first-order chi connectivity index (χ1) is 17.7. The Labute approximate surface area is 220 Å². The predicted octanol–water partition coefficient (Wildman–Crippen LogP) is 5.46. The maximum absolute atomic E-state index is 12.8. The summed E-state index contributed by atoms with van der Waals surface area (Å²) in [6, 6.07) is 26.3. The molecule has 0 unspecified atom stereocenters. The van der Waals surface area contributed by atoms with E-state index >= 15 is 0 Å². The van der Waals surface area contributed by atoms with Crippen molar-refractivity contribution in [3.05, 3.63) is 97.1 Å². The number of ether oxygens (including phenoxy) is 2. The summed E-state index contributed by atoms with van der Waals surface area (Å²) < 4.78 is 66.7. The van der Waals surface area contributed by atoms with E-state index in [9.17, 15) is 16.8 Å². The van der Waals surface area contributed by atoms with Crippen LogP contribution in [-0.2, 0) is 20.0 Å². The molecule has 0 aliphatic heterocycles. The van der Waals surface area contributed by atoms with Crippen molar-refractivity contribution in [3.8, 4) is 11.5 Å². The zero-order valence-corrected chi connectivity index (χ0v) is 22.4. The maximum Gasteiger partial charge on any atom is 0.262 e. The molecule has 0 saturated heterocycles. The molecular formula is C26H24N2O6S3. The lowest BCUT2D eigenvalue weighted by atomic mass is 10.3. The van der Waals surface area contributed by atoms with Crippen LogP contribution in [0, 0.1) is 0 Å². The van der Waals surface area contributed by atoms with Gasteiger partial charge >= 0.3 is 0 Å². The van der Waals surface area contributed by atoms with Gasteiger partial charge in [-0.3, -0.25) is 9.44 Å². The van der Waals surface area contributed by atoms with Crippen molar-refractivity contribution in [1.82, 2.24) is 0 Å². The Morgan fingerprint density at radius 2 is 0.892 bits per heavy atom. The summed E-state index contributed by atoms with van der Waals surface area (Å²) in [6.07, 6.45) is 0. The highest BCUT2D eigenvalue weighted by molar-refractivity contribution is 7.99. The molecule has 192 valence electrons. The molecule has 0 aliphatic carbocycles. The van der Waals surface area contributed by atoms with Crippen LogP contribution in [0.1, 0.15) is 0 Å². The number of rotatable bonds is 10. The van der Waals surface area contributed by atoms with Gasteiger partial charge in [-0.1, -0.05) is 36.0 Å². The maximum atomic E-state index is 12.8. The van der Waals surface area contributed by atoms with Gasteiger partial charge in [0.05, 0.1) is 35.4 Å². The molecule has 0 saturated carbocycles. The van der Waals surface area contributed by atoms with E-state index in [-0.39, 0.29) is 9.79 Å². The van der Waals surface area contributed by atoms with Crippen LogP contribution in [0.25, 0.3) is 0 Å². The van der Waals surface area contributed by atoms with Crippen molar-refractivity contribution < 1.29 is 26.3 Å². The second-order valence-electron chi connectivity index (χ2n) is 7.66. The molecule has 0 atom stereocenters. The Morgan fingerprint density at radius 3 is 1.24 bits per heavy atom. The minimum absolute atomic E-state index is 0.103. The molecule has 0 amide bonds. The van der Waals surface area contributed by atoms with E-state index in [0.717, 1.165) is 9.79 Å². The van der Waals surface area contributed by atoms with Crippen molar-refractivity contribution in [2.75, 3.05) is 23.7 Å². The van der Waals surface area contributed by atoms with Crippen LogP contribution in [0.3, 0.4) is 0 Å². The van der Waals surface area contributed by atoms with E-state index in [4.69, 9.17) is 9.47 Å². The van der Waals surface area contributed by atoms with Crippen LogP contribution >= 0.6 is 11.8 Å². The monoisotopic (exact) mass is 556 g/mol. The van der Waals surface area contributed by atoms with Crippen LogP contribution in [-0.4, -0.2) is 31.1 Å². The molecular weight excluding hydrogens is 532 g/mol. The zero-order valence-electron chi connectivity index (χ0n) is 19.9. The molecule has 4 aromatic rings. The molecule has 0 radical (unpaired) electrons. The van der Waals surface area contributed by atoms with Crippen LogP contribution in [0.5, 0.6) is 11.5 Å². The number of methoxy groups -OCH3 is 2. The second kappa shape index (κ2) is 11.2. The van der Waals surface area contributed by atoms with E-state index in [1.165, 1.54) is 50.2 Å². The van der Waals surface area contributed by atoms with Crippen molar-refractivity contribution >= 4 is 43.2 Å². The first kappa shape index (κ1) is 26.4. The molecule has 0 fully saturated rings. The summed E-state index contributed by atoms with van der Waals surface area (Å²) in [5.41, 5.74) is 0.692. The highest BCUT2D eigenvalue weighted by atomic mass is 32.2. The van der Waals surface area contributed by atoms with Gasteiger partial charge in [-0.15, -0.1) is 0 Å². The molecule has 8 nitrogen and oxygen atoms in total. The number of para-hydroxylation sites is 4. The molecule has 37 heavy (non-hydrogen) atoms. The zero-order chi connectivity index (χ0) is 26.5. The van der Waals surface area contributed by atoms with Gasteiger partial charge in [-0.2, -0.15) is 0 Å².